The van der Waals surface area contributed by atoms with Crippen LogP contribution in [-0.2, 0) is 6.54 Å². The molecular weight excluding hydrogens is 236 g/mol. The quantitative estimate of drug-likeness (QED) is 0.604. The molecule has 1 aliphatic rings. The summed E-state index contributed by atoms with van der Waals surface area (Å²) in [6.07, 6.45) is 0.942. The predicted molar refractivity (Wildman–Crippen MR) is 63.7 cm³/mol. The molecule has 4 atom stereocenters. The average Bonchev–Trinajstić information content (AvgIpc) is 2.85. The van der Waals surface area contributed by atoms with Crippen LogP contribution in [0.15, 0.2) is 12.7 Å². The Kier molecular flexibility index (Phi) is 4.28. The standard InChI is InChI=1S/C11H20N4O3/c1-2-3-14-5-9(16)11(18)10(17)8(14)4-15-7-12-6-13-15/h6-11,16-18H,2-5H2,1H3/t8-,9+,10-,11+/m1/s1. The van der Waals surface area contributed by atoms with Crippen molar-refractivity contribution < 1.29 is 15.3 Å². The van der Waals surface area contributed by atoms with Gasteiger partial charge in [-0.05, 0) is 13.0 Å². The summed E-state index contributed by atoms with van der Waals surface area (Å²) in [5.41, 5.74) is 0. The van der Waals surface area contributed by atoms with Crippen LogP contribution in [0, 0.1) is 0 Å². The van der Waals surface area contributed by atoms with Crippen molar-refractivity contribution in [1.82, 2.24) is 19.7 Å². The number of likely N-dealkylation sites (tertiary alicyclic amines) is 1. The van der Waals surface area contributed by atoms with Gasteiger partial charge >= 0.3 is 0 Å². The fraction of sp³-hybridized carbons (Fsp3) is 0.818. The summed E-state index contributed by atoms with van der Waals surface area (Å²) in [5.74, 6) is 0. The minimum Gasteiger partial charge on any atom is -0.389 e. The van der Waals surface area contributed by atoms with Crippen molar-refractivity contribution in [2.24, 2.45) is 0 Å². The molecule has 2 heterocycles. The summed E-state index contributed by atoms with van der Waals surface area (Å²) in [6, 6.07) is -0.259. The maximum atomic E-state index is 10.1. The molecule has 1 saturated heterocycles. The van der Waals surface area contributed by atoms with E-state index in [2.05, 4.69) is 10.1 Å². The summed E-state index contributed by atoms with van der Waals surface area (Å²) in [6.45, 7) is 3.62. The lowest BCUT2D eigenvalue weighted by Crippen LogP contribution is -2.62. The third-order valence-electron chi connectivity index (χ3n) is 3.38. The number of piperidine rings is 1. The van der Waals surface area contributed by atoms with E-state index in [1.165, 1.54) is 6.33 Å². The molecule has 0 amide bonds. The smallest absolute Gasteiger partial charge is 0.137 e. The monoisotopic (exact) mass is 256 g/mol. The first kappa shape index (κ1) is 13.4. The Balaban J connectivity index is 2.11. The first-order valence-electron chi connectivity index (χ1n) is 6.24. The molecule has 102 valence electrons. The number of hydrogen-bond donors (Lipinski definition) is 3. The lowest BCUT2D eigenvalue weighted by atomic mass is 9.93. The topological polar surface area (TPSA) is 94.6 Å². The number of β-amino-alcohol motifs (C(OH)–C–C–N with tert-alkyl or cyclic N) is 1. The van der Waals surface area contributed by atoms with Gasteiger partial charge in [0.15, 0.2) is 0 Å². The summed E-state index contributed by atoms with van der Waals surface area (Å²) >= 11 is 0. The lowest BCUT2D eigenvalue weighted by molar-refractivity contribution is -0.140. The molecule has 0 bridgehead atoms. The van der Waals surface area contributed by atoms with Gasteiger partial charge < -0.3 is 15.3 Å². The van der Waals surface area contributed by atoms with Crippen LogP contribution in [0.25, 0.3) is 0 Å². The van der Waals surface area contributed by atoms with Crippen molar-refractivity contribution in [2.75, 3.05) is 13.1 Å². The highest BCUT2D eigenvalue weighted by molar-refractivity contribution is 4.94. The lowest BCUT2D eigenvalue weighted by Gasteiger charge is -2.43. The molecule has 0 aromatic carbocycles. The van der Waals surface area contributed by atoms with Crippen LogP contribution < -0.4 is 0 Å². The third-order valence-corrected chi connectivity index (χ3v) is 3.38. The molecule has 0 saturated carbocycles. The molecule has 1 aliphatic heterocycles. The van der Waals surface area contributed by atoms with Gasteiger partial charge in [0.1, 0.15) is 18.8 Å². The minimum absolute atomic E-state index is 0.259. The maximum absolute atomic E-state index is 10.1. The molecule has 3 N–H and O–H groups in total. The first-order valence-corrected chi connectivity index (χ1v) is 6.24. The zero-order chi connectivity index (χ0) is 13.1. The Morgan fingerprint density at radius 3 is 2.67 bits per heavy atom. The molecule has 7 heteroatoms. The van der Waals surface area contributed by atoms with E-state index in [0.717, 1.165) is 13.0 Å². The van der Waals surface area contributed by atoms with Gasteiger partial charge in [0, 0.05) is 6.54 Å². The second kappa shape index (κ2) is 5.75. The second-order valence-electron chi connectivity index (χ2n) is 4.73. The van der Waals surface area contributed by atoms with Crippen molar-refractivity contribution in [2.45, 2.75) is 44.2 Å². The average molecular weight is 256 g/mol. The molecule has 1 aromatic heterocycles. The molecule has 2 rings (SSSR count). The minimum atomic E-state index is -1.10. The molecule has 18 heavy (non-hydrogen) atoms. The molecular formula is C11H20N4O3. The van der Waals surface area contributed by atoms with Crippen molar-refractivity contribution in [3.63, 3.8) is 0 Å². The Morgan fingerprint density at radius 1 is 1.28 bits per heavy atom. The molecule has 0 spiro atoms. The van der Waals surface area contributed by atoms with Gasteiger partial charge in [-0.3, -0.25) is 9.58 Å². The Labute approximate surface area is 106 Å². The number of aliphatic hydroxyl groups excluding tert-OH is 3. The van der Waals surface area contributed by atoms with Crippen LogP contribution in [0.1, 0.15) is 13.3 Å². The maximum Gasteiger partial charge on any atom is 0.137 e. The molecule has 1 fully saturated rings. The fourth-order valence-corrected chi connectivity index (χ4v) is 2.44. The largest absolute Gasteiger partial charge is 0.389 e. The first-order chi connectivity index (χ1) is 8.63. The van der Waals surface area contributed by atoms with E-state index in [-0.39, 0.29) is 6.04 Å². The van der Waals surface area contributed by atoms with Crippen molar-refractivity contribution in [3.05, 3.63) is 12.7 Å². The van der Waals surface area contributed by atoms with Gasteiger partial charge in [-0.1, -0.05) is 6.92 Å². The fourth-order valence-electron chi connectivity index (χ4n) is 2.44. The van der Waals surface area contributed by atoms with E-state index in [1.807, 2.05) is 11.8 Å². The van der Waals surface area contributed by atoms with E-state index in [9.17, 15) is 15.3 Å². The number of aromatic nitrogens is 3. The van der Waals surface area contributed by atoms with Crippen LogP contribution in [0.3, 0.4) is 0 Å². The summed E-state index contributed by atoms with van der Waals surface area (Å²) < 4.78 is 1.63. The Hall–Kier alpha value is -1.02. The summed E-state index contributed by atoms with van der Waals surface area (Å²) in [5, 5.41) is 33.6. The van der Waals surface area contributed by atoms with E-state index < -0.39 is 18.3 Å². The predicted octanol–water partition coefficient (Wildman–Crippen LogP) is -1.54. The molecule has 0 radical (unpaired) electrons. The van der Waals surface area contributed by atoms with Gasteiger partial charge in [-0.25, -0.2) is 4.98 Å². The SMILES string of the molecule is CCCN1C[C@H](O)[C@H](O)[C@H](O)[C@H]1Cn1cncn1. The highest BCUT2D eigenvalue weighted by Crippen LogP contribution is 2.20. The number of nitrogens with zero attached hydrogens (tertiary/aromatic N) is 4. The summed E-state index contributed by atoms with van der Waals surface area (Å²) in [4.78, 5) is 5.85. The highest BCUT2D eigenvalue weighted by atomic mass is 16.4. The van der Waals surface area contributed by atoms with Crippen LogP contribution >= 0.6 is 0 Å². The number of rotatable bonds is 4. The van der Waals surface area contributed by atoms with E-state index >= 15 is 0 Å². The van der Waals surface area contributed by atoms with Crippen LogP contribution in [0.5, 0.6) is 0 Å². The number of hydrogen-bond acceptors (Lipinski definition) is 6. The zero-order valence-electron chi connectivity index (χ0n) is 10.4. The van der Waals surface area contributed by atoms with Crippen molar-refractivity contribution in [3.8, 4) is 0 Å². The zero-order valence-corrected chi connectivity index (χ0v) is 10.4. The molecule has 7 nitrogen and oxygen atoms in total. The van der Waals surface area contributed by atoms with E-state index in [4.69, 9.17) is 0 Å². The van der Waals surface area contributed by atoms with Gasteiger partial charge in [0.05, 0.1) is 24.8 Å². The van der Waals surface area contributed by atoms with E-state index in [0.29, 0.717) is 13.1 Å². The number of aliphatic hydroxyl groups is 3. The van der Waals surface area contributed by atoms with Gasteiger partial charge in [0.2, 0.25) is 0 Å². The molecule has 0 aliphatic carbocycles. The van der Waals surface area contributed by atoms with Gasteiger partial charge in [-0.2, -0.15) is 5.10 Å². The van der Waals surface area contributed by atoms with Crippen LogP contribution in [0.2, 0.25) is 0 Å². The van der Waals surface area contributed by atoms with Gasteiger partial charge in [-0.15, -0.1) is 0 Å². The molecule has 0 unspecified atom stereocenters. The third kappa shape index (κ3) is 2.69. The van der Waals surface area contributed by atoms with Gasteiger partial charge in [0.25, 0.3) is 0 Å². The van der Waals surface area contributed by atoms with E-state index in [1.54, 1.807) is 11.0 Å². The van der Waals surface area contributed by atoms with Crippen molar-refractivity contribution >= 4 is 0 Å². The Morgan fingerprint density at radius 2 is 2.06 bits per heavy atom. The molecule has 1 aromatic rings. The van der Waals surface area contributed by atoms with Crippen LogP contribution in [-0.4, -0.2) is 72.4 Å². The second-order valence-corrected chi connectivity index (χ2v) is 4.73. The highest BCUT2D eigenvalue weighted by Gasteiger charge is 2.41. The summed E-state index contributed by atoms with van der Waals surface area (Å²) in [7, 11) is 0. The van der Waals surface area contributed by atoms with Crippen molar-refractivity contribution in [1.29, 1.82) is 0 Å². The normalized spacial score (nSPS) is 33.8. The Bertz CT molecular complexity index is 359. The van der Waals surface area contributed by atoms with Crippen LogP contribution in [0.4, 0.5) is 0 Å².